The van der Waals surface area contributed by atoms with Crippen LogP contribution in [0.5, 0.6) is 0 Å². The predicted octanol–water partition coefficient (Wildman–Crippen LogP) is 4.68. The van der Waals surface area contributed by atoms with Crippen molar-refractivity contribution in [3.63, 3.8) is 0 Å². The summed E-state index contributed by atoms with van der Waals surface area (Å²) in [6, 6.07) is 4.97. The molecule has 0 aliphatic rings. The Morgan fingerprint density at radius 2 is 1.78 bits per heavy atom. The van der Waals surface area contributed by atoms with Crippen LogP contribution in [0.1, 0.15) is 22.7 Å². The number of halogens is 6. The molecule has 122 valence electrons. The summed E-state index contributed by atoms with van der Waals surface area (Å²) in [5, 5.41) is 0.113. The average Bonchev–Trinajstić information content (AvgIpc) is 2.41. The molecule has 9 heteroatoms. The fourth-order valence-corrected chi connectivity index (χ4v) is 2.78. The van der Waals surface area contributed by atoms with E-state index in [9.17, 15) is 18.0 Å². The molecule has 1 heterocycles. The Hall–Kier alpha value is -1.50. The first-order chi connectivity index (χ1) is 10.6. The van der Waals surface area contributed by atoms with Crippen molar-refractivity contribution in [3.8, 4) is 0 Å². The highest BCUT2D eigenvalue weighted by molar-refractivity contribution is 6.35. The number of rotatable bonds is 3. The summed E-state index contributed by atoms with van der Waals surface area (Å²) in [7, 11) is 0. The van der Waals surface area contributed by atoms with Crippen molar-refractivity contribution >= 4 is 40.7 Å². The highest BCUT2D eigenvalue weighted by Gasteiger charge is 2.33. The molecule has 1 amide bonds. The van der Waals surface area contributed by atoms with Crippen LogP contribution in [0.2, 0.25) is 15.1 Å². The third kappa shape index (κ3) is 3.88. The Kier molecular flexibility index (Phi) is 5.08. The number of hydrogen-bond acceptors (Lipinski definition) is 2. The third-order valence-corrected chi connectivity index (χ3v) is 3.89. The van der Waals surface area contributed by atoms with Crippen LogP contribution >= 0.6 is 34.8 Å². The lowest BCUT2D eigenvalue weighted by atomic mass is 9.94. The molecule has 0 saturated heterocycles. The second-order valence-corrected chi connectivity index (χ2v) is 5.84. The van der Waals surface area contributed by atoms with E-state index in [2.05, 4.69) is 4.98 Å². The minimum Gasteiger partial charge on any atom is -0.369 e. The molecule has 2 N–H and O–H groups in total. The highest BCUT2D eigenvalue weighted by atomic mass is 35.5. The smallest absolute Gasteiger partial charge is 0.369 e. The van der Waals surface area contributed by atoms with Crippen LogP contribution in [-0.4, -0.2) is 10.9 Å². The Morgan fingerprint density at radius 1 is 1.13 bits per heavy atom. The maximum atomic E-state index is 12.7. The number of hydrogen-bond donors (Lipinski definition) is 1. The van der Waals surface area contributed by atoms with Crippen molar-refractivity contribution in [2.75, 3.05) is 0 Å². The summed E-state index contributed by atoms with van der Waals surface area (Å²) in [6.07, 6.45) is -4.02. The Labute approximate surface area is 144 Å². The van der Waals surface area contributed by atoms with Crippen molar-refractivity contribution in [1.82, 2.24) is 4.98 Å². The topological polar surface area (TPSA) is 56.0 Å². The fourth-order valence-electron chi connectivity index (χ4n) is 1.99. The molecule has 0 aliphatic carbocycles. The number of nitrogens with zero attached hydrogens (tertiary/aromatic N) is 1. The van der Waals surface area contributed by atoms with Crippen molar-refractivity contribution < 1.29 is 18.0 Å². The molecule has 0 unspecified atom stereocenters. The van der Waals surface area contributed by atoms with E-state index in [1.807, 2.05) is 0 Å². The van der Waals surface area contributed by atoms with E-state index in [4.69, 9.17) is 40.5 Å². The van der Waals surface area contributed by atoms with E-state index >= 15 is 0 Å². The Balaban J connectivity index is 2.57. The number of carbonyl (C=O) groups excluding carboxylic acids is 1. The summed E-state index contributed by atoms with van der Waals surface area (Å²) < 4.78 is 38.0. The number of carbonyl (C=O) groups is 1. The number of nitrogens with two attached hydrogens (primary N) is 1. The molecule has 1 atom stereocenters. The summed E-state index contributed by atoms with van der Waals surface area (Å²) in [5.74, 6) is -2.06. The minimum absolute atomic E-state index is 0.114. The highest BCUT2D eigenvalue weighted by Crippen LogP contribution is 2.37. The van der Waals surface area contributed by atoms with Gasteiger partial charge in [-0.2, -0.15) is 13.2 Å². The molecule has 1 aromatic heterocycles. The van der Waals surface area contributed by atoms with Gasteiger partial charge in [0.05, 0.1) is 16.3 Å². The van der Waals surface area contributed by atoms with Gasteiger partial charge in [0.1, 0.15) is 5.92 Å². The molecule has 3 nitrogen and oxygen atoms in total. The van der Waals surface area contributed by atoms with Gasteiger partial charge in [0.15, 0.2) is 0 Å². The molecule has 2 aromatic rings. The lowest BCUT2D eigenvalue weighted by Gasteiger charge is -2.17. The molecule has 0 radical (unpaired) electrons. The van der Waals surface area contributed by atoms with E-state index in [-0.39, 0.29) is 21.3 Å². The molecular formula is C14H8Cl3F3N2O. The van der Waals surface area contributed by atoms with Crippen molar-refractivity contribution in [2.24, 2.45) is 5.73 Å². The maximum Gasteiger partial charge on any atom is 0.417 e. The van der Waals surface area contributed by atoms with Gasteiger partial charge in [0, 0.05) is 16.2 Å². The normalized spacial score (nSPS) is 13.0. The lowest BCUT2D eigenvalue weighted by Crippen LogP contribution is -2.24. The van der Waals surface area contributed by atoms with Crippen LogP contribution in [-0.2, 0) is 11.0 Å². The van der Waals surface area contributed by atoms with E-state index < -0.39 is 23.6 Å². The number of aromatic nitrogens is 1. The fraction of sp³-hybridized carbons (Fsp3) is 0.143. The Bertz CT molecular complexity index is 765. The molecule has 0 bridgehead atoms. The zero-order valence-corrected chi connectivity index (χ0v) is 13.4. The number of primary amides is 1. The third-order valence-electron chi connectivity index (χ3n) is 3.03. The largest absolute Gasteiger partial charge is 0.417 e. The van der Waals surface area contributed by atoms with E-state index in [1.165, 1.54) is 18.2 Å². The molecule has 2 rings (SSSR count). The number of amides is 1. The number of alkyl halides is 3. The van der Waals surface area contributed by atoms with Gasteiger partial charge in [-0.05, 0) is 23.8 Å². The summed E-state index contributed by atoms with van der Waals surface area (Å²) in [5.41, 5.74) is 4.45. The molecular weight excluding hydrogens is 376 g/mol. The molecule has 0 saturated carbocycles. The Morgan fingerprint density at radius 3 is 2.26 bits per heavy atom. The zero-order valence-electron chi connectivity index (χ0n) is 11.2. The van der Waals surface area contributed by atoms with E-state index in [1.54, 1.807) is 0 Å². The molecule has 0 aliphatic heterocycles. The zero-order chi connectivity index (χ0) is 17.4. The monoisotopic (exact) mass is 382 g/mol. The summed E-state index contributed by atoms with van der Waals surface area (Å²) in [6.45, 7) is 0. The van der Waals surface area contributed by atoms with Gasteiger partial charge in [0.25, 0.3) is 0 Å². The molecule has 23 heavy (non-hydrogen) atoms. The minimum atomic E-state index is -4.60. The summed E-state index contributed by atoms with van der Waals surface area (Å²) >= 11 is 17.7. The van der Waals surface area contributed by atoms with Crippen LogP contribution in [0.25, 0.3) is 0 Å². The van der Waals surface area contributed by atoms with Crippen molar-refractivity contribution in [2.45, 2.75) is 12.1 Å². The first kappa shape index (κ1) is 17.8. The second-order valence-electron chi connectivity index (χ2n) is 4.59. The van der Waals surface area contributed by atoms with Gasteiger partial charge >= 0.3 is 6.18 Å². The van der Waals surface area contributed by atoms with Crippen molar-refractivity contribution in [1.29, 1.82) is 0 Å². The van der Waals surface area contributed by atoms with Gasteiger partial charge in [-0.3, -0.25) is 9.78 Å². The summed E-state index contributed by atoms with van der Waals surface area (Å²) in [4.78, 5) is 15.4. The standard InChI is InChI=1S/C14H8Cl3F3N2O/c15-7-1-2-8(9(16)4-7)11(13(21)23)12-10(17)3-6(5-22-12)14(18,19)20/h1-5,11H,(H2,21,23)/t11-/m1/s1. The van der Waals surface area contributed by atoms with Crippen LogP contribution in [0.15, 0.2) is 30.5 Å². The van der Waals surface area contributed by atoms with E-state index in [0.717, 1.165) is 0 Å². The molecule has 0 fully saturated rings. The van der Waals surface area contributed by atoms with Gasteiger partial charge in [-0.1, -0.05) is 40.9 Å². The average molecular weight is 384 g/mol. The number of benzene rings is 1. The van der Waals surface area contributed by atoms with Crippen LogP contribution < -0.4 is 5.73 Å². The van der Waals surface area contributed by atoms with Gasteiger partial charge in [-0.15, -0.1) is 0 Å². The van der Waals surface area contributed by atoms with E-state index in [0.29, 0.717) is 17.3 Å². The second kappa shape index (κ2) is 6.55. The maximum absolute atomic E-state index is 12.7. The van der Waals surface area contributed by atoms with Gasteiger partial charge in [0.2, 0.25) is 5.91 Å². The quantitative estimate of drug-likeness (QED) is 0.837. The lowest BCUT2D eigenvalue weighted by molar-refractivity contribution is -0.137. The first-order valence-corrected chi connectivity index (χ1v) is 7.21. The number of pyridine rings is 1. The van der Waals surface area contributed by atoms with Crippen LogP contribution in [0.4, 0.5) is 13.2 Å². The predicted molar refractivity (Wildman–Crippen MR) is 81.7 cm³/mol. The first-order valence-electron chi connectivity index (χ1n) is 6.08. The SMILES string of the molecule is NC(=O)[C@H](c1ccc(Cl)cc1Cl)c1ncc(C(F)(F)F)cc1Cl. The van der Waals surface area contributed by atoms with Crippen LogP contribution in [0, 0.1) is 0 Å². The van der Waals surface area contributed by atoms with Crippen molar-refractivity contribution in [3.05, 3.63) is 62.4 Å². The van der Waals surface area contributed by atoms with Gasteiger partial charge < -0.3 is 5.73 Å². The van der Waals surface area contributed by atoms with Gasteiger partial charge in [-0.25, -0.2) is 0 Å². The van der Waals surface area contributed by atoms with Crippen LogP contribution in [0.3, 0.4) is 0 Å². The molecule has 0 spiro atoms. The molecule has 1 aromatic carbocycles.